The highest BCUT2D eigenvalue weighted by atomic mass is 32.1. The number of rotatable bonds is 5. The van der Waals surface area contributed by atoms with Gasteiger partial charge < -0.3 is 19.0 Å². The molecule has 0 spiro atoms. The van der Waals surface area contributed by atoms with Crippen molar-refractivity contribution in [2.24, 2.45) is 0 Å². The lowest BCUT2D eigenvalue weighted by Gasteiger charge is -2.31. The van der Waals surface area contributed by atoms with Gasteiger partial charge in [0, 0.05) is 37.8 Å². The quantitative estimate of drug-likeness (QED) is 0.429. The lowest BCUT2D eigenvalue weighted by Crippen LogP contribution is -2.37. The summed E-state index contributed by atoms with van der Waals surface area (Å²) in [5, 5.41) is 0.945. The number of anilines is 1. The molecule has 1 aromatic carbocycles. The van der Waals surface area contributed by atoms with Gasteiger partial charge >= 0.3 is 0 Å². The molecule has 33 heavy (non-hydrogen) atoms. The molecule has 1 amide bonds. The van der Waals surface area contributed by atoms with Gasteiger partial charge in [0.1, 0.15) is 4.83 Å². The number of hydrogen-bond acceptors (Lipinski definition) is 7. The number of para-hydroxylation sites is 1. The van der Waals surface area contributed by atoms with Crippen LogP contribution in [0.1, 0.15) is 26.5 Å². The fourth-order valence-corrected chi connectivity index (χ4v) is 5.54. The van der Waals surface area contributed by atoms with Gasteiger partial charge in [-0.2, -0.15) is 0 Å². The molecule has 8 heteroatoms. The third-order valence-corrected chi connectivity index (χ3v) is 7.18. The minimum Gasteiger partial charge on any atom is -0.461 e. The van der Waals surface area contributed by atoms with Crippen LogP contribution in [0.15, 0.2) is 47.1 Å². The minimum atomic E-state index is -0.00812. The van der Waals surface area contributed by atoms with Crippen molar-refractivity contribution in [2.75, 3.05) is 38.3 Å². The van der Waals surface area contributed by atoms with Gasteiger partial charge in [0.2, 0.25) is 0 Å². The maximum absolute atomic E-state index is 13.5. The Morgan fingerprint density at radius 2 is 1.91 bits per heavy atom. The van der Waals surface area contributed by atoms with Crippen molar-refractivity contribution in [1.82, 2.24) is 14.9 Å². The summed E-state index contributed by atoms with van der Waals surface area (Å²) in [4.78, 5) is 28.4. The fraction of sp³-hybridized carbons (Fsp3) is 0.320. The molecule has 7 nitrogen and oxygen atoms in total. The molecular weight excluding hydrogens is 436 g/mol. The van der Waals surface area contributed by atoms with Crippen molar-refractivity contribution in [2.45, 2.75) is 20.4 Å². The number of furan rings is 1. The lowest BCUT2D eigenvalue weighted by molar-refractivity contribution is 0.0789. The molecular formula is C25H26N4O3S. The van der Waals surface area contributed by atoms with Gasteiger partial charge in [-0.3, -0.25) is 4.79 Å². The molecule has 1 fully saturated rings. The summed E-state index contributed by atoms with van der Waals surface area (Å²) in [5.74, 6) is 1.15. The van der Waals surface area contributed by atoms with Crippen LogP contribution in [-0.4, -0.2) is 54.1 Å². The summed E-state index contributed by atoms with van der Waals surface area (Å²) in [6, 6.07) is 11.9. The number of fused-ring (bicyclic) bond motifs is 1. The molecule has 1 aliphatic heterocycles. The molecule has 1 aliphatic rings. The van der Waals surface area contributed by atoms with E-state index in [0.29, 0.717) is 23.0 Å². The van der Waals surface area contributed by atoms with E-state index in [1.807, 2.05) is 45.2 Å². The number of thiophene rings is 1. The molecule has 1 saturated heterocycles. The smallest absolute Gasteiger partial charge is 0.264 e. The van der Waals surface area contributed by atoms with Crippen molar-refractivity contribution < 1.29 is 13.9 Å². The first-order valence-corrected chi connectivity index (χ1v) is 11.8. The zero-order valence-electron chi connectivity index (χ0n) is 19.0. The Bertz CT molecular complexity index is 1290. The molecule has 4 heterocycles. The van der Waals surface area contributed by atoms with Crippen LogP contribution < -0.4 is 4.90 Å². The van der Waals surface area contributed by atoms with Gasteiger partial charge in [-0.15, -0.1) is 11.3 Å². The number of hydrogen-bond donors (Lipinski definition) is 0. The highest BCUT2D eigenvalue weighted by Crippen LogP contribution is 2.34. The summed E-state index contributed by atoms with van der Waals surface area (Å²) >= 11 is 1.42. The molecule has 0 saturated carbocycles. The molecule has 0 bridgehead atoms. The van der Waals surface area contributed by atoms with Gasteiger partial charge in [0.05, 0.1) is 30.0 Å². The van der Waals surface area contributed by atoms with Crippen LogP contribution in [0.25, 0.3) is 21.8 Å². The van der Waals surface area contributed by atoms with Crippen molar-refractivity contribution in [3.8, 4) is 11.6 Å². The van der Waals surface area contributed by atoms with E-state index in [1.54, 1.807) is 11.2 Å². The van der Waals surface area contributed by atoms with Crippen LogP contribution >= 0.6 is 11.3 Å². The molecule has 0 aliphatic carbocycles. The number of nitrogens with zero attached hydrogens (tertiary/aromatic N) is 4. The topological polar surface area (TPSA) is 71.7 Å². The van der Waals surface area contributed by atoms with Gasteiger partial charge in [0.25, 0.3) is 5.91 Å². The second kappa shape index (κ2) is 8.96. The number of aryl methyl sites for hydroxylation is 2. The summed E-state index contributed by atoms with van der Waals surface area (Å²) in [6.45, 7) is 7.63. The summed E-state index contributed by atoms with van der Waals surface area (Å²) in [5.41, 5.74) is 4.07. The van der Waals surface area contributed by atoms with Crippen molar-refractivity contribution in [1.29, 1.82) is 0 Å². The standard InChI is InChI=1S/C25H26N4O3S/c1-16-21-17(2)26-23(20-9-6-12-32-20)27-24(21)33-22(16)25(30)28(3)15-18-7-4-5-8-19(18)29-10-13-31-14-11-29/h4-9,12H,10-11,13-15H2,1-3H3. The first kappa shape index (κ1) is 21.6. The van der Waals surface area contributed by atoms with Crippen molar-refractivity contribution in [3.05, 3.63) is 64.4 Å². The third kappa shape index (κ3) is 4.12. The Hall–Kier alpha value is -3.23. The summed E-state index contributed by atoms with van der Waals surface area (Å²) in [7, 11) is 1.86. The first-order valence-electron chi connectivity index (χ1n) is 11.0. The zero-order chi connectivity index (χ0) is 22.9. The molecule has 0 atom stereocenters. The van der Waals surface area contributed by atoms with E-state index in [9.17, 15) is 4.79 Å². The Balaban J connectivity index is 1.43. The van der Waals surface area contributed by atoms with Gasteiger partial charge in [-0.1, -0.05) is 18.2 Å². The number of morpholine rings is 1. The molecule has 3 aromatic heterocycles. The van der Waals surface area contributed by atoms with Crippen LogP contribution in [0.4, 0.5) is 5.69 Å². The van der Waals surface area contributed by atoms with E-state index in [1.165, 1.54) is 17.0 Å². The van der Waals surface area contributed by atoms with Crippen LogP contribution in [0.5, 0.6) is 0 Å². The number of amides is 1. The number of benzene rings is 1. The van der Waals surface area contributed by atoms with Gasteiger partial charge in [-0.05, 0) is 43.2 Å². The van der Waals surface area contributed by atoms with Crippen LogP contribution in [0, 0.1) is 13.8 Å². The largest absolute Gasteiger partial charge is 0.461 e. The number of carbonyl (C=O) groups is 1. The average molecular weight is 463 g/mol. The van der Waals surface area contributed by atoms with E-state index >= 15 is 0 Å². The fourth-order valence-electron chi connectivity index (χ4n) is 4.32. The molecule has 0 unspecified atom stereocenters. The molecule has 0 N–H and O–H groups in total. The van der Waals surface area contributed by atoms with E-state index in [4.69, 9.17) is 9.15 Å². The molecule has 5 rings (SSSR count). The van der Waals surface area contributed by atoms with E-state index < -0.39 is 0 Å². The predicted molar refractivity (Wildman–Crippen MR) is 130 cm³/mol. The van der Waals surface area contributed by atoms with E-state index in [0.717, 1.165) is 53.3 Å². The number of aromatic nitrogens is 2. The highest BCUT2D eigenvalue weighted by Gasteiger charge is 2.23. The molecule has 0 radical (unpaired) electrons. The zero-order valence-corrected chi connectivity index (χ0v) is 19.8. The number of ether oxygens (including phenoxy) is 1. The number of carbonyl (C=O) groups excluding carboxylic acids is 1. The third-order valence-electron chi connectivity index (χ3n) is 6.00. The Kier molecular flexibility index (Phi) is 5.86. The molecule has 170 valence electrons. The predicted octanol–water partition coefficient (Wildman–Crippen LogP) is 4.68. The normalized spacial score (nSPS) is 14.1. The van der Waals surface area contributed by atoms with E-state index in [-0.39, 0.29) is 5.91 Å². The lowest BCUT2D eigenvalue weighted by atomic mass is 10.1. The van der Waals surface area contributed by atoms with Crippen molar-refractivity contribution >= 4 is 33.1 Å². The Labute approximate surface area is 196 Å². The van der Waals surface area contributed by atoms with Crippen molar-refractivity contribution in [3.63, 3.8) is 0 Å². The highest BCUT2D eigenvalue weighted by molar-refractivity contribution is 7.20. The summed E-state index contributed by atoms with van der Waals surface area (Å²) < 4.78 is 11.0. The monoisotopic (exact) mass is 462 g/mol. The van der Waals surface area contributed by atoms with Crippen LogP contribution in [-0.2, 0) is 11.3 Å². The second-order valence-corrected chi connectivity index (χ2v) is 9.23. The maximum Gasteiger partial charge on any atom is 0.264 e. The second-order valence-electron chi connectivity index (χ2n) is 8.24. The minimum absolute atomic E-state index is 0.00812. The maximum atomic E-state index is 13.5. The first-order chi connectivity index (χ1) is 16.0. The SMILES string of the molecule is Cc1nc(-c2ccco2)nc2sc(C(=O)N(C)Cc3ccccc3N3CCOCC3)c(C)c12. The van der Waals surface area contributed by atoms with Crippen LogP contribution in [0.3, 0.4) is 0 Å². The molecule has 4 aromatic rings. The summed E-state index contributed by atoms with van der Waals surface area (Å²) in [6.07, 6.45) is 1.61. The average Bonchev–Trinajstić information content (AvgIpc) is 3.48. The Morgan fingerprint density at radius 1 is 1.12 bits per heavy atom. The van der Waals surface area contributed by atoms with Crippen LogP contribution in [0.2, 0.25) is 0 Å². The Morgan fingerprint density at radius 3 is 2.67 bits per heavy atom. The van der Waals surface area contributed by atoms with Gasteiger partial charge in [0.15, 0.2) is 11.6 Å². The van der Waals surface area contributed by atoms with Gasteiger partial charge in [-0.25, -0.2) is 9.97 Å². The van der Waals surface area contributed by atoms with E-state index in [2.05, 4.69) is 27.0 Å².